The molecule has 0 bridgehead atoms. The Hall–Kier alpha value is -1.45. The maximum atomic E-state index is 10.8. The van der Waals surface area contributed by atoms with E-state index in [9.17, 15) is 4.57 Å². The summed E-state index contributed by atoms with van der Waals surface area (Å²) < 4.78 is 10.8. The fourth-order valence-electron chi connectivity index (χ4n) is 3.12. The fourth-order valence-corrected chi connectivity index (χ4v) is 3.69. The molecule has 0 radical (unpaired) electrons. The van der Waals surface area contributed by atoms with Crippen molar-refractivity contribution in [1.29, 1.82) is 0 Å². The number of rotatable bonds is 13. The van der Waals surface area contributed by atoms with Gasteiger partial charge in [0.25, 0.3) is 0 Å². The lowest BCUT2D eigenvalue weighted by Crippen LogP contribution is -2.15. The molecule has 0 aliphatic rings. The summed E-state index contributed by atoms with van der Waals surface area (Å²) >= 11 is 0. The van der Waals surface area contributed by atoms with E-state index in [4.69, 9.17) is 9.79 Å². The summed E-state index contributed by atoms with van der Waals surface area (Å²) in [6, 6.07) is 19.3. The van der Waals surface area contributed by atoms with E-state index >= 15 is 0 Å². The summed E-state index contributed by atoms with van der Waals surface area (Å²) in [5.74, 6) is 0. The summed E-state index contributed by atoms with van der Waals surface area (Å²) in [6.45, 7) is 1.36. The molecule has 27 heavy (non-hydrogen) atoms. The minimum absolute atomic E-state index is 0.0513. The van der Waals surface area contributed by atoms with Crippen LogP contribution in [0.5, 0.6) is 0 Å². The Labute approximate surface area is 163 Å². The monoisotopic (exact) mass is 389 g/mol. The average Bonchev–Trinajstić information content (AvgIpc) is 2.65. The Kier molecular flexibility index (Phi) is 9.79. The highest BCUT2D eigenvalue weighted by molar-refractivity contribution is 7.51. The van der Waals surface area contributed by atoms with E-state index in [-0.39, 0.29) is 6.16 Å². The Morgan fingerprint density at radius 3 is 1.85 bits per heavy atom. The van der Waals surface area contributed by atoms with Gasteiger partial charge in [0.2, 0.25) is 0 Å². The van der Waals surface area contributed by atoms with Crippen LogP contribution in [0.3, 0.4) is 0 Å². The van der Waals surface area contributed by atoms with Gasteiger partial charge in [0.1, 0.15) is 0 Å². The van der Waals surface area contributed by atoms with Crippen LogP contribution in [0.15, 0.2) is 54.6 Å². The van der Waals surface area contributed by atoms with Gasteiger partial charge in [0.05, 0.1) is 6.16 Å². The maximum absolute atomic E-state index is 10.8. The molecule has 4 nitrogen and oxygen atoms in total. The zero-order valence-corrected chi connectivity index (χ0v) is 16.9. The third kappa shape index (κ3) is 10.5. The highest BCUT2D eigenvalue weighted by Gasteiger charge is 2.10. The molecule has 0 fully saturated rings. The van der Waals surface area contributed by atoms with Gasteiger partial charge >= 0.3 is 7.60 Å². The van der Waals surface area contributed by atoms with Gasteiger partial charge in [-0.25, -0.2) is 0 Å². The molecule has 3 N–H and O–H groups in total. The van der Waals surface area contributed by atoms with Crippen molar-refractivity contribution in [2.75, 3.05) is 12.7 Å². The smallest absolute Gasteiger partial charge is 0.324 e. The first-order valence-electron chi connectivity index (χ1n) is 9.90. The number of hydrogen-bond donors (Lipinski definition) is 3. The van der Waals surface area contributed by atoms with Crippen molar-refractivity contribution in [1.82, 2.24) is 5.32 Å². The van der Waals surface area contributed by atoms with Gasteiger partial charge in [-0.3, -0.25) is 4.57 Å². The second kappa shape index (κ2) is 12.1. The highest BCUT2D eigenvalue weighted by atomic mass is 31.2. The number of aryl methyl sites for hydroxylation is 2. The molecule has 2 aromatic carbocycles. The van der Waals surface area contributed by atoms with Gasteiger partial charge in [-0.2, -0.15) is 0 Å². The van der Waals surface area contributed by atoms with E-state index in [2.05, 4.69) is 59.9 Å². The summed E-state index contributed by atoms with van der Waals surface area (Å²) in [6.07, 6.45) is 7.79. The second-order valence-corrected chi connectivity index (χ2v) is 8.91. The van der Waals surface area contributed by atoms with Crippen molar-refractivity contribution in [2.24, 2.45) is 0 Å². The first-order valence-corrected chi connectivity index (χ1v) is 11.7. The topological polar surface area (TPSA) is 69.6 Å². The molecule has 148 valence electrons. The number of benzene rings is 2. The van der Waals surface area contributed by atoms with E-state index in [0.717, 1.165) is 13.0 Å². The maximum Gasteiger partial charge on any atom is 0.325 e. The average molecular weight is 389 g/mol. The van der Waals surface area contributed by atoms with Crippen molar-refractivity contribution in [3.8, 4) is 0 Å². The van der Waals surface area contributed by atoms with Crippen LogP contribution >= 0.6 is 7.60 Å². The fraction of sp³-hybridized carbons (Fsp3) is 0.455. The number of nitrogens with one attached hydrogen (secondary N) is 1. The lowest BCUT2D eigenvalue weighted by atomic mass is 10.0. The van der Waals surface area contributed by atoms with Crippen molar-refractivity contribution < 1.29 is 14.4 Å². The second-order valence-electron chi connectivity index (χ2n) is 7.13. The molecule has 0 aliphatic carbocycles. The zero-order valence-electron chi connectivity index (χ0n) is 16.0. The minimum Gasteiger partial charge on any atom is -0.324 e. The molecule has 2 rings (SSSR count). The predicted molar refractivity (Wildman–Crippen MR) is 112 cm³/mol. The van der Waals surface area contributed by atoms with Gasteiger partial charge < -0.3 is 15.1 Å². The van der Waals surface area contributed by atoms with Crippen molar-refractivity contribution in [3.63, 3.8) is 0 Å². The summed E-state index contributed by atoms with van der Waals surface area (Å²) in [7, 11) is -3.86. The van der Waals surface area contributed by atoms with E-state index in [0.29, 0.717) is 13.0 Å². The lowest BCUT2D eigenvalue weighted by molar-refractivity contribution is 0.371. The summed E-state index contributed by atoms with van der Waals surface area (Å²) in [5.41, 5.74) is 4.02. The molecule has 0 saturated carbocycles. The van der Waals surface area contributed by atoms with Crippen LogP contribution in [0, 0.1) is 0 Å². The van der Waals surface area contributed by atoms with Gasteiger partial charge in [-0.15, -0.1) is 0 Å². The largest absolute Gasteiger partial charge is 0.325 e. The third-order valence-corrected chi connectivity index (χ3v) is 5.58. The highest BCUT2D eigenvalue weighted by Crippen LogP contribution is 2.34. The number of hydrogen-bond acceptors (Lipinski definition) is 2. The molecule has 0 aromatic heterocycles. The Morgan fingerprint density at radius 1 is 0.704 bits per heavy atom. The van der Waals surface area contributed by atoms with Gasteiger partial charge in [-0.05, 0) is 55.3 Å². The quantitative estimate of drug-likeness (QED) is 0.343. The Balaban J connectivity index is 1.53. The predicted octanol–water partition coefficient (Wildman–Crippen LogP) is 4.69. The molecule has 0 heterocycles. The van der Waals surface area contributed by atoms with Crippen molar-refractivity contribution >= 4 is 7.60 Å². The van der Waals surface area contributed by atoms with Gasteiger partial charge in [0, 0.05) is 6.54 Å². The molecule has 0 spiro atoms. The normalized spacial score (nSPS) is 11.6. The molecule has 0 amide bonds. The van der Waals surface area contributed by atoms with Crippen LogP contribution in [0.4, 0.5) is 0 Å². The van der Waals surface area contributed by atoms with E-state index in [1.165, 1.54) is 48.8 Å². The van der Waals surface area contributed by atoms with Crippen LogP contribution < -0.4 is 5.32 Å². The van der Waals surface area contributed by atoms with Crippen LogP contribution in [0.25, 0.3) is 0 Å². The van der Waals surface area contributed by atoms with Crippen molar-refractivity contribution in [2.45, 2.75) is 51.5 Å². The summed E-state index contributed by atoms with van der Waals surface area (Å²) in [4.78, 5) is 17.6. The lowest BCUT2D eigenvalue weighted by Gasteiger charge is -2.07. The molecule has 5 heteroatoms. The first kappa shape index (κ1) is 21.8. The van der Waals surface area contributed by atoms with Crippen molar-refractivity contribution in [3.05, 3.63) is 71.3 Å². The van der Waals surface area contributed by atoms with Crippen LogP contribution in [0.1, 0.15) is 48.8 Å². The molecule has 0 atom stereocenters. The minimum atomic E-state index is -3.86. The van der Waals surface area contributed by atoms with Gasteiger partial charge in [0.15, 0.2) is 0 Å². The molecule has 2 aromatic rings. The van der Waals surface area contributed by atoms with E-state index in [1.54, 1.807) is 0 Å². The van der Waals surface area contributed by atoms with E-state index < -0.39 is 7.60 Å². The van der Waals surface area contributed by atoms with E-state index in [1.807, 2.05) is 0 Å². The molecule has 0 unspecified atom stereocenters. The van der Waals surface area contributed by atoms with Crippen LogP contribution in [0.2, 0.25) is 0 Å². The van der Waals surface area contributed by atoms with Crippen LogP contribution in [-0.4, -0.2) is 22.5 Å². The van der Waals surface area contributed by atoms with Crippen LogP contribution in [-0.2, 0) is 24.0 Å². The molecule has 0 aliphatic heterocycles. The molecule has 0 saturated heterocycles. The standard InChI is InChI=1S/C22H32NO3P/c24-27(25,26)18-8-17-23-19-22-15-13-21(14-16-22)12-5-2-1-4-9-20-10-6-3-7-11-20/h3,6-7,10-11,13-16,23H,1-2,4-5,8-9,12,17-19H2,(H2,24,25,26). The Bertz CT molecular complexity index is 682. The van der Waals surface area contributed by atoms with Gasteiger partial charge in [-0.1, -0.05) is 67.4 Å². The SMILES string of the molecule is O=P(O)(O)CCCNCc1ccc(CCCCCCc2ccccc2)cc1. The molecular weight excluding hydrogens is 357 g/mol. The third-order valence-electron chi connectivity index (χ3n) is 4.68. The zero-order chi connectivity index (χ0) is 19.4. The Morgan fingerprint density at radius 2 is 1.26 bits per heavy atom. The summed E-state index contributed by atoms with van der Waals surface area (Å²) in [5, 5.41) is 3.23. The first-order chi connectivity index (χ1) is 13.0. The molecular formula is C22H32NO3P. The number of unbranched alkanes of at least 4 members (excludes halogenated alkanes) is 3.